The molecule has 1 aromatic heterocycles. The molecular formula is C16H27NO3S. The van der Waals surface area contributed by atoms with Gasteiger partial charge in [0.05, 0.1) is 18.6 Å². The normalized spacial score (nSPS) is 15.7. The Bertz CT molecular complexity index is 419. The van der Waals surface area contributed by atoms with Gasteiger partial charge >= 0.3 is 5.97 Å². The van der Waals surface area contributed by atoms with E-state index in [1.807, 2.05) is 39.8 Å². The zero-order chi connectivity index (χ0) is 15.9. The maximum absolute atomic E-state index is 12.3. The van der Waals surface area contributed by atoms with Crippen LogP contribution in [0.15, 0.2) is 22.8 Å². The van der Waals surface area contributed by atoms with E-state index < -0.39 is 5.54 Å². The van der Waals surface area contributed by atoms with Gasteiger partial charge in [-0.25, -0.2) is 0 Å². The molecule has 0 saturated heterocycles. The van der Waals surface area contributed by atoms with Gasteiger partial charge in [0.2, 0.25) is 0 Å². The number of nitrogens with one attached hydrogen (secondary N) is 1. The zero-order valence-electron chi connectivity index (χ0n) is 13.6. The van der Waals surface area contributed by atoms with Crippen molar-refractivity contribution in [3.63, 3.8) is 0 Å². The number of hydrogen-bond donors (Lipinski definition) is 1. The average Bonchev–Trinajstić information content (AvgIpc) is 2.88. The van der Waals surface area contributed by atoms with E-state index in [0.29, 0.717) is 11.9 Å². The minimum atomic E-state index is -0.653. The number of carbonyl (C=O) groups is 1. The van der Waals surface area contributed by atoms with E-state index in [1.165, 1.54) is 0 Å². The van der Waals surface area contributed by atoms with Crippen LogP contribution in [-0.2, 0) is 15.3 Å². The molecule has 0 aliphatic heterocycles. The predicted molar refractivity (Wildman–Crippen MR) is 87.4 cm³/mol. The first-order valence-electron chi connectivity index (χ1n) is 7.46. The van der Waals surface area contributed by atoms with Crippen LogP contribution in [0, 0.1) is 0 Å². The summed E-state index contributed by atoms with van der Waals surface area (Å²) in [4.78, 5) is 12.3. The minimum Gasteiger partial charge on any atom is -0.468 e. The molecule has 21 heavy (non-hydrogen) atoms. The largest absolute Gasteiger partial charge is 0.468 e. The van der Waals surface area contributed by atoms with E-state index >= 15 is 0 Å². The Labute approximate surface area is 132 Å². The quantitative estimate of drug-likeness (QED) is 0.706. The second-order valence-electron chi connectivity index (χ2n) is 5.76. The summed E-state index contributed by atoms with van der Waals surface area (Å²) in [5.74, 6) is 1.60. The van der Waals surface area contributed by atoms with Gasteiger partial charge in [0, 0.05) is 11.3 Å². The summed E-state index contributed by atoms with van der Waals surface area (Å²) in [5.41, 5.74) is -0.653. The maximum Gasteiger partial charge on any atom is 0.326 e. The van der Waals surface area contributed by atoms with Crippen molar-refractivity contribution in [3.8, 4) is 0 Å². The van der Waals surface area contributed by atoms with E-state index in [-0.39, 0.29) is 12.0 Å². The Morgan fingerprint density at radius 1 is 1.48 bits per heavy atom. The molecule has 1 aromatic rings. The van der Waals surface area contributed by atoms with Crippen LogP contribution in [0.4, 0.5) is 0 Å². The van der Waals surface area contributed by atoms with Gasteiger partial charge in [-0.2, -0.15) is 11.8 Å². The summed E-state index contributed by atoms with van der Waals surface area (Å²) in [5, 5.41) is 3.67. The summed E-state index contributed by atoms with van der Waals surface area (Å²) in [6.45, 7) is 10.4. The van der Waals surface area contributed by atoms with Crippen LogP contribution in [0.1, 0.15) is 46.8 Å². The third-order valence-electron chi connectivity index (χ3n) is 3.12. The second-order valence-corrected chi connectivity index (χ2v) is 7.18. The lowest BCUT2D eigenvalue weighted by Gasteiger charge is -2.32. The van der Waals surface area contributed by atoms with E-state index in [0.717, 1.165) is 17.9 Å². The van der Waals surface area contributed by atoms with Crippen LogP contribution in [-0.4, -0.2) is 29.4 Å². The fourth-order valence-corrected chi connectivity index (χ4v) is 3.45. The van der Waals surface area contributed by atoms with Gasteiger partial charge in [-0.15, -0.1) is 0 Å². The zero-order valence-corrected chi connectivity index (χ0v) is 14.5. The lowest BCUT2D eigenvalue weighted by Crippen LogP contribution is -2.54. The van der Waals surface area contributed by atoms with Gasteiger partial charge in [0.15, 0.2) is 0 Å². The number of ether oxygens (including phenoxy) is 1. The first-order valence-corrected chi connectivity index (χ1v) is 8.51. The van der Waals surface area contributed by atoms with Crippen LogP contribution < -0.4 is 5.32 Å². The Morgan fingerprint density at radius 2 is 2.19 bits per heavy atom. The minimum absolute atomic E-state index is 0.177. The van der Waals surface area contributed by atoms with Crippen LogP contribution in [0.3, 0.4) is 0 Å². The van der Waals surface area contributed by atoms with Crippen molar-refractivity contribution in [3.05, 3.63) is 24.2 Å². The molecule has 0 aliphatic carbocycles. The van der Waals surface area contributed by atoms with Gasteiger partial charge in [-0.05, 0) is 46.2 Å². The highest BCUT2D eigenvalue weighted by atomic mass is 32.2. The van der Waals surface area contributed by atoms with Crippen LogP contribution in [0.25, 0.3) is 0 Å². The molecule has 0 aliphatic rings. The van der Waals surface area contributed by atoms with Gasteiger partial charge in [-0.3, -0.25) is 10.1 Å². The van der Waals surface area contributed by atoms with E-state index in [4.69, 9.17) is 9.15 Å². The molecule has 5 heteroatoms. The van der Waals surface area contributed by atoms with Crippen molar-refractivity contribution in [2.45, 2.75) is 63.6 Å². The second kappa shape index (κ2) is 8.49. The highest BCUT2D eigenvalue weighted by Gasteiger charge is 2.36. The molecule has 2 unspecified atom stereocenters. The summed E-state index contributed by atoms with van der Waals surface area (Å²) in [7, 11) is 0. The van der Waals surface area contributed by atoms with Crippen LogP contribution >= 0.6 is 11.8 Å². The third-order valence-corrected chi connectivity index (χ3v) is 4.31. The lowest BCUT2D eigenvalue weighted by molar-refractivity contribution is -0.151. The van der Waals surface area contributed by atoms with E-state index in [9.17, 15) is 4.79 Å². The van der Waals surface area contributed by atoms with Crippen molar-refractivity contribution in [1.82, 2.24) is 5.32 Å². The highest BCUT2D eigenvalue weighted by molar-refractivity contribution is 7.99. The molecule has 0 aromatic carbocycles. The van der Waals surface area contributed by atoms with Gasteiger partial charge in [-0.1, -0.05) is 6.92 Å². The molecule has 0 amide bonds. The molecule has 0 saturated carbocycles. The Kier molecular flexibility index (Phi) is 7.32. The van der Waals surface area contributed by atoms with E-state index in [2.05, 4.69) is 12.2 Å². The van der Waals surface area contributed by atoms with Crippen molar-refractivity contribution in [2.24, 2.45) is 0 Å². The Hall–Kier alpha value is -0.940. The van der Waals surface area contributed by atoms with Gasteiger partial charge < -0.3 is 9.15 Å². The number of rotatable bonds is 9. The summed E-state index contributed by atoms with van der Waals surface area (Å²) in [6, 6.07) is 4.09. The average molecular weight is 313 g/mol. The first-order chi connectivity index (χ1) is 9.87. The van der Waals surface area contributed by atoms with Gasteiger partial charge in [0.25, 0.3) is 0 Å². The van der Waals surface area contributed by atoms with Crippen LogP contribution in [0.5, 0.6) is 0 Å². The maximum atomic E-state index is 12.3. The number of thioether (sulfide) groups is 1. The molecule has 1 rings (SSSR count). The number of carbonyl (C=O) groups excluding carboxylic acids is 1. The number of esters is 1. The topological polar surface area (TPSA) is 51.5 Å². The molecule has 0 radical (unpaired) electrons. The SMILES string of the molecule is CCOC(=O)C(C)(CC(C)SCc1ccco1)NC(C)C. The number of furan rings is 1. The molecule has 0 bridgehead atoms. The van der Waals surface area contributed by atoms with Crippen molar-refractivity contribution < 1.29 is 13.9 Å². The standard InChI is InChI=1S/C16H27NO3S/c1-6-19-15(18)16(5,17-12(2)3)10-13(4)21-11-14-8-7-9-20-14/h7-9,12-13,17H,6,10-11H2,1-5H3. The summed E-state index contributed by atoms with van der Waals surface area (Å²) in [6.07, 6.45) is 2.40. The van der Waals surface area contributed by atoms with Crippen molar-refractivity contribution in [2.75, 3.05) is 6.61 Å². The summed E-state index contributed by atoms with van der Waals surface area (Å²) >= 11 is 1.78. The molecule has 120 valence electrons. The molecular weight excluding hydrogens is 286 g/mol. The fraction of sp³-hybridized carbons (Fsp3) is 0.688. The van der Waals surface area contributed by atoms with Gasteiger partial charge in [0.1, 0.15) is 11.3 Å². The molecule has 1 N–H and O–H groups in total. The number of hydrogen-bond acceptors (Lipinski definition) is 5. The third kappa shape index (κ3) is 6.14. The Morgan fingerprint density at radius 3 is 2.71 bits per heavy atom. The molecule has 0 spiro atoms. The molecule has 0 fully saturated rings. The summed E-state index contributed by atoms with van der Waals surface area (Å²) < 4.78 is 10.6. The smallest absolute Gasteiger partial charge is 0.326 e. The lowest BCUT2D eigenvalue weighted by atomic mass is 9.95. The first kappa shape index (κ1) is 18.1. The Balaban J connectivity index is 2.59. The fourth-order valence-electron chi connectivity index (χ4n) is 2.38. The molecule has 1 heterocycles. The van der Waals surface area contributed by atoms with Crippen molar-refractivity contribution >= 4 is 17.7 Å². The van der Waals surface area contributed by atoms with Crippen LogP contribution in [0.2, 0.25) is 0 Å². The van der Waals surface area contributed by atoms with E-state index in [1.54, 1.807) is 18.0 Å². The highest BCUT2D eigenvalue weighted by Crippen LogP contribution is 2.26. The monoisotopic (exact) mass is 313 g/mol. The van der Waals surface area contributed by atoms with Crippen molar-refractivity contribution in [1.29, 1.82) is 0 Å². The molecule has 4 nitrogen and oxygen atoms in total. The molecule has 2 atom stereocenters. The predicted octanol–water partition coefficient (Wildman–Crippen LogP) is 3.61.